The molecular weight excluding hydrogens is 202 g/mol. The fraction of sp³-hybridized carbons (Fsp3) is 0.556. The number of aromatic nitrogens is 1. The minimum atomic E-state index is -1.12. The minimum Gasteiger partial charge on any atom is -0.476 e. The van der Waals surface area contributed by atoms with E-state index in [1.807, 2.05) is 0 Å². The molecule has 1 aromatic heterocycles. The average molecular weight is 213 g/mol. The zero-order valence-corrected chi connectivity index (χ0v) is 8.01. The number of oxazole rings is 1. The van der Waals surface area contributed by atoms with Crippen molar-refractivity contribution in [1.29, 1.82) is 0 Å². The van der Waals surface area contributed by atoms with Gasteiger partial charge in [0.2, 0.25) is 0 Å². The molecule has 1 N–H and O–H groups in total. The number of carboxylic acid groups (broad SMARTS) is 1. The first-order valence-electron chi connectivity index (χ1n) is 4.69. The van der Waals surface area contributed by atoms with Crippen molar-refractivity contribution in [2.75, 3.05) is 13.2 Å². The van der Waals surface area contributed by atoms with Gasteiger partial charge >= 0.3 is 12.0 Å². The van der Waals surface area contributed by atoms with Crippen molar-refractivity contribution in [3.05, 3.63) is 12.0 Å². The van der Waals surface area contributed by atoms with E-state index in [2.05, 4.69) is 4.98 Å². The molecule has 2 rings (SSSR count). The topological polar surface area (TPSA) is 81.8 Å². The van der Waals surface area contributed by atoms with Crippen LogP contribution in [-0.2, 0) is 4.74 Å². The molecule has 1 aromatic rings. The van der Waals surface area contributed by atoms with Gasteiger partial charge in [0, 0.05) is 12.8 Å². The van der Waals surface area contributed by atoms with E-state index in [0.29, 0.717) is 13.2 Å². The summed E-state index contributed by atoms with van der Waals surface area (Å²) in [5.74, 6) is -1.12. The molecule has 6 nitrogen and oxygen atoms in total. The Morgan fingerprint density at radius 1 is 1.53 bits per heavy atom. The van der Waals surface area contributed by atoms with Gasteiger partial charge in [-0.05, 0) is 0 Å². The second-order valence-electron chi connectivity index (χ2n) is 3.23. The Kier molecular flexibility index (Phi) is 2.86. The lowest BCUT2D eigenvalue weighted by Crippen LogP contribution is -2.26. The van der Waals surface area contributed by atoms with Crippen molar-refractivity contribution in [3.63, 3.8) is 0 Å². The van der Waals surface area contributed by atoms with Crippen molar-refractivity contribution in [2.45, 2.75) is 18.9 Å². The number of carbonyl (C=O) groups is 1. The Labute approximate surface area is 85.8 Å². The van der Waals surface area contributed by atoms with E-state index in [1.54, 1.807) is 0 Å². The minimum absolute atomic E-state index is 0.000884. The molecule has 0 aliphatic carbocycles. The molecule has 0 aromatic carbocycles. The fourth-order valence-corrected chi connectivity index (χ4v) is 1.35. The summed E-state index contributed by atoms with van der Waals surface area (Å²) in [4.78, 5) is 14.2. The Morgan fingerprint density at radius 3 is 2.87 bits per heavy atom. The second-order valence-corrected chi connectivity index (χ2v) is 3.23. The number of ether oxygens (including phenoxy) is 2. The summed E-state index contributed by atoms with van der Waals surface area (Å²) in [6.07, 6.45) is 2.62. The normalized spacial score (nSPS) is 17.6. The van der Waals surface area contributed by atoms with Crippen LogP contribution in [0.4, 0.5) is 0 Å². The molecule has 82 valence electrons. The Hall–Kier alpha value is -1.56. The molecule has 0 amide bonds. The zero-order chi connectivity index (χ0) is 10.7. The summed E-state index contributed by atoms with van der Waals surface area (Å²) < 4.78 is 15.4. The SMILES string of the molecule is O=C(O)c1coc(OC2CCOCC2)n1. The van der Waals surface area contributed by atoms with Gasteiger partial charge in [-0.2, -0.15) is 4.98 Å². The highest BCUT2D eigenvalue weighted by molar-refractivity contribution is 5.84. The first-order valence-corrected chi connectivity index (χ1v) is 4.69. The molecule has 1 saturated heterocycles. The van der Waals surface area contributed by atoms with Gasteiger partial charge in [-0.1, -0.05) is 0 Å². The first-order chi connectivity index (χ1) is 7.25. The van der Waals surface area contributed by atoms with Gasteiger partial charge in [-0.25, -0.2) is 4.79 Å². The van der Waals surface area contributed by atoms with Crippen LogP contribution in [0, 0.1) is 0 Å². The highest BCUT2D eigenvalue weighted by atomic mass is 16.6. The number of hydrogen-bond donors (Lipinski definition) is 1. The quantitative estimate of drug-likeness (QED) is 0.804. The van der Waals surface area contributed by atoms with Gasteiger partial charge in [0.1, 0.15) is 12.4 Å². The van der Waals surface area contributed by atoms with Crippen molar-refractivity contribution >= 4 is 5.97 Å². The van der Waals surface area contributed by atoms with Crippen LogP contribution < -0.4 is 4.74 Å². The third-order valence-electron chi connectivity index (χ3n) is 2.14. The van der Waals surface area contributed by atoms with Crippen LogP contribution in [0.1, 0.15) is 23.3 Å². The van der Waals surface area contributed by atoms with Crippen LogP contribution in [0.2, 0.25) is 0 Å². The maximum absolute atomic E-state index is 10.5. The number of carboxylic acids is 1. The Bertz CT molecular complexity index is 342. The number of nitrogens with zero attached hydrogens (tertiary/aromatic N) is 1. The van der Waals surface area contributed by atoms with Crippen LogP contribution in [0.15, 0.2) is 10.7 Å². The molecule has 1 aliphatic rings. The van der Waals surface area contributed by atoms with Crippen molar-refractivity contribution in [3.8, 4) is 6.08 Å². The van der Waals surface area contributed by atoms with Crippen LogP contribution in [-0.4, -0.2) is 35.4 Å². The van der Waals surface area contributed by atoms with Crippen molar-refractivity contribution in [2.24, 2.45) is 0 Å². The van der Waals surface area contributed by atoms with Crippen LogP contribution in [0.5, 0.6) is 6.08 Å². The third kappa shape index (κ3) is 2.47. The van der Waals surface area contributed by atoms with Gasteiger partial charge in [0.25, 0.3) is 0 Å². The lowest BCUT2D eigenvalue weighted by Gasteiger charge is -2.20. The molecule has 0 radical (unpaired) electrons. The highest BCUT2D eigenvalue weighted by Gasteiger charge is 2.19. The average Bonchev–Trinajstić information content (AvgIpc) is 2.68. The van der Waals surface area contributed by atoms with Gasteiger partial charge in [-0.3, -0.25) is 0 Å². The van der Waals surface area contributed by atoms with Gasteiger partial charge in [0.15, 0.2) is 5.69 Å². The summed E-state index contributed by atoms with van der Waals surface area (Å²) in [6, 6.07) is 0. The molecule has 0 spiro atoms. The monoisotopic (exact) mass is 213 g/mol. The lowest BCUT2D eigenvalue weighted by atomic mass is 10.2. The summed E-state index contributed by atoms with van der Waals surface area (Å²) >= 11 is 0. The fourth-order valence-electron chi connectivity index (χ4n) is 1.35. The largest absolute Gasteiger partial charge is 0.476 e. The second kappa shape index (κ2) is 4.31. The van der Waals surface area contributed by atoms with Gasteiger partial charge < -0.3 is 19.0 Å². The molecule has 0 unspecified atom stereocenters. The lowest BCUT2D eigenvalue weighted by molar-refractivity contribution is 0.0133. The van der Waals surface area contributed by atoms with E-state index >= 15 is 0 Å². The van der Waals surface area contributed by atoms with Crippen molar-refractivity contribution < 1.29 is 23.8 Å². The smallest absolute Gasteiger partial charge is 0.394 e. The number of aromatic carboxylic acids is 1. The molecule has 0 bridgehead atoms. The zero-order valence-electron chi connectivity index (χ0n) is 8.01. The molecule has 1 fully saturated rings. The first kappa shape index (κ1) is 9.97. The van der Waals surface area contributed by atoms with Gasteiger partial charge in [0.05, 0.1) is 13.2 Å². The molecule has 1 aliphatic heterocycles. The molecule has 15 heavy (non-hydrogen) atoms. The number of rotatable bonds is 3. The van der Waals surface area contributed by atoms with Crippen molar-refractivity contribution in [1.82, 2.24) is 4.98 Å². The Balaban J connectivity index is 1.94. The predicted molar refractivity (Wildman–Crippen MR) is 47.9 cm³/mol. The highest BCUT2D eigenvalue weighted by Crippen LogP contribution is 2.17. The summed E-state index contributed by atoms with van der Waals surface area (Å²) in [5.41, 5.74) is -0.142. The molecule has 2 heterocycles. The van der Waals surface area contributed by atoms with E-state index in [9.17, 15) is 4.79 Å². The molecule has 6 heteroatoms. The number of hydrogen-bond acceptors (Lipinski definition) is 5. The van der Waals surface area contributed by atoms with E-state index in [-0.39, 0.29) is 17.9 Å². The van der Waals surface area contributed by atoms with Crippen LogP contribution in [0.25, 0.3) is 0 Å². The van der Waals surface area contributed by atoms with E-state index in [4.69, 9.17) is 19.0 Å². The van der Waals surface area contributed by atoms with Gasteiger partial charge in [-0.15, -0.1) is 0 Å². The maximum Gasteiger partial charge on any atom is 0.394 e. The maximum atomic E-state index is 10.5. The van der Waals surface area contributed by atoms with Crippen LogP contribution >= 0.6 is 0 Å². The molecule has 0 saturated carbocycles. The van der Waals surface area contributed by atoms with Crippen LogP contribution in [0.3, 0.4) is 0 Å². The van der Waals surface area contributed by atoms with E-state index in [0.717, 1.165) is 19.1 Å². The summed E-state index contributed by atoms with van der Waals surface area (Å²) in [7, 11) is 0. The predicted octanol–water partition coefficient (Wildman–Crippen LogP) is 0.931. The third-order valence-corrected chi connectivity index (χ3v) is 2.14. The molecular formula is C9H11NO5. The van der Waals surface area contributed by atoms with E-state index in [1.165, 1.54) is 0 Å². The molecule has 0 atom stereocenters. The Morgan fingerprint density at radius 2 is 2.27 bits per heavy atom. The standard InChI is InChI=1S/C9H11NO5/c11-8(12)7-5-14-9(10-7)15-6-1-3-13-4-2-6/h5-6H,1-4H2,(H,11,12). The summed E-state index contributed by atoms with van der Waals surface area (Å²) in [6.45, 7) is 1.30. The van der Waals surface area contributed by atoms with E-state index < -0.39 is 5.97 Å². The summed E-state index contributed by atoms with van der Waals surface area (Å²) in [5, 5.41) is 8.61.